The molecule has 1 aromatic rings. The molecule has 0 saturated carbocycles. The molecule has 2 aliphatic rings. The Morgan fingerprint density at radius 3 is 3.12 bits per heavy atom. The predicted octanol–water partition coefficient (Wildman–Crippen LogP) is 1.76. The molecule has 1 saturated heterocycles. The highest BCUT2D eigenvalue weighted by molar-refractivity contribution is 5.42. The molecule has 0 bridgehead atoms. The van der Waals surface area contributed by atoms with E-state index in [0.717, 1.165) is 12.4 Å². The Balaban J connectivity index is 1.70. The highest BCUT2D eigenvalue weighted by Gasteiger charge is 2.18. The van der Waals surface area contributed by atoms with Crippen LogP contribution in [0.3, 0.4) is 0 Å². The van der Waals surface area contributed by atoms with Crippen molar-refractivity contribution in [3.63, 3.8) is 0 Å². The molecule has 0 amide bonds. The van der Waals surface area contributed by atoms with Gasteiger partial charge in [0.1, 0.15) is 5.82 Å². The molecule has 1 aliphatic heterocycles. The normalized spacial score (nSPS) is 22.8. The van der Waals surface area contributed by atoms with Gasteiger partial charge >= 0.3 is 0 Å². The summed E-state index contributed by atoms with van der Waals surface area (Å²) in [5.41, 5.74) is 2.79. The van der Waals surface area contributed by atoms with Crippen LogP contribution in [-0.4, -0.2) is 31.2 Å². The van der Waals surface area contributed by atoms with Crippen LogP contribution < -0.4 is 10.2 Å². The van der Waals surface area contributed by atoms with Gasteiger partial charge in [0, 0.05) is 25.3 Å². The number of aromatic nitrogens is 1. The monoisotopic (exact) mass is 231 g/mol. The van der Waals surface area contributed by atoms with Crippen molar-refractivity contribution >= 4 is 5.82 Å². The molecular formula is C14H21N3. The largest absolute Gasteiger partial charge is 0.358 e. The van der Waals surface area contributed by atoms with Gasteiger partial charge in [-0.25, -0.2) is 4.98 Å². The van der Waals surface area contributed by atoms with E-state index in [2.05, 4.69) is 29.4 Å². The number of anilines is 1. The maximum absolute atomic E-state index is 4.79. The van der Waals surface area contributed by atoms with Crippen molar-refractivity contribution in [1.82, 2.24) is 10.3 Å². The molecule has 0 radical (unpaired) electrons. The second-order valence-corrected chi connectivity index (χ2v) is 5.30. The summed E-state index contributed by atoms with van der Waals surface area (Å²) >= 11 is 0. The van der Waals surface area contributed by atoms with E-state index in [4.69, 9.17) is 4.98 Å². The van der Waals surface area contributed by atoms with Gasteiger partial charge in [0.25, 0.3) is 0 Å². The first-order valence-corrected chi connectivity index (χ1v) is 6.76. The molecule has 1 aliphatic carbocycles. The van der Waals surface area contributed by atoms with Crippen molar-refractivity contribution in [2.24, 2.45) is 0 Å². The first kappa shape index (κ1) is 11.0. The SMILES string of the molecule is CN(CC1CCCN1)c1ccc2c(n1)CCC2. The lowest BCUT2D eigenvalue weighted by molar-refractivity contribution is 0.597. The molecule has 3 heteroatoms. The maximum Gasteiger partial charge on any atom is 0.128 e. The number of aryl methyl sites for hydroxylation is 2. The second kappa shape index (κ2) is 4.65. The molecule has 0 spiro atoms. The van der Waals surface area contributed by atoms with Gasteiger partial charge in [-0.1, -0.05) is 6.07 Å². The van der Waals surface area contributed by atoms with Crippen LogP contribution in [0.15, 0.2) is 12.1 Å². The van der Waals surface area contributed by atoms with Crippen molar-refractivity contribution in [3.05, 3.63) is 23.4 Å². The minimum atomic E-state index is 0.648. The number of nitrogens with one attached hydrogen (secondary N) is 1. The maximum atomic E-state index is 4.79. The van der Waals surface area contributed by atoms with Crippen LogP contribution in [0.5, 0.6) is 0 Å². The van der Waals surface area contributed by atoms with Gasteiger partial charge in [0.2, 0.25) is 0 Å². The quantitative estimate of drug-likeness (QED) is 0.859. The van der Waals surface area contributed by atoms with E-state index in [1.807, 2.05) is 0 Å². The third-order valence-corrected chi connectivity index (χ3v) is 3.96. The molecule has 1 atom stereocenters. The number of pyridine rings is 1. The molecule has 3 rings (SSSR count). The van der Waals surface area contributed by atoms with Crippen LogP contribution >= 0.6 is 0 Å². The van der Waals surface area contributed by atoms with E-state index in [1.165, 1.54) is 49.9 Å². The molecule has 92 valence electrons. The summed E-state index contributed by atoms with van der Waals surface area (Å²) in [6.45, 7) is 2.25. The molecule has 1 fully saturated rings. The number of rotatable bonds is 3. The van der Waals surface area contributed by atoms with Gasteiger partial charge < -0.3 is 10.2 Å². The smallest absolute Gasteiger partial charge is 0.128 e. The summed E-state index contributed by atoms with van der Waals surface area (Å²) in [4.78, 5) is 7.09. The summed E-state index contributed by atoms with van der Waals surface area (Å²) in [5, 5.41) is 3.54. The molecule has 17 heavy (non-hydrogen) atoms. The fourth-order valence-corrected chi connectivity index (χ4v) is 2.96. The van der Waals surface area contributed by atoms with Crippen molar-refractivity contribution in [3.8, 4) is 0 Å². The third kappa shape index (κ3) is 2.29. The van der Waals surface area contributed by atoms with Gasteiger partial charge in [-0.2, -0.15) is 0 Å². The average Bonchev–Trinajstić information content (AvgIpc) is 2.97. The Hall–Kier alpha value is -1.09. The van der Waals surface area contributed by atoms with Gasteiger partial charge in [0.15, 0.2) is 0 Å². The highest BCUT2D eigenvalue weighted by Crippen LogP contribution is 2.23. The Labute approximate surface area is 103 Å². The molecule has 2 heterocycles. The van der Waals surface area contributed by atoms with Gasteiger partial charge in [0.05, 0.1) is 0 Å². The Bertz CT molecular complexity index is 396. The van der Waals surface area contributed by atoms with Crippen LogP contribution in [0, 0.1) is 0 Å². The van der Waals surface area contributed by atoms with E-state index in [0.29, 0.717) is 6.04 Å². The van der Waals surface area contributed by atoms with Gasteiger partial charge in [-0.15, -0.1) is 0 Å². The Kier molecular flexibility index (Phi) is 3.02. The minimum absolute atomic E-state index is 0.648. The fraction of sp³-hybridized carbons (Fsp3) is 0.643. The number of likely N-dealkylation sites (N-methyl/N-ethyl adjacent to an activating group) is 1. The molecule has 1 N–H and O–H groups in total. The third-order valence-electron chi connectivity index (χ3n) is 3.96. The highest BCUT2D eigenvalue weighted by atomic mass is 15.2. The zero-order chi connectivity index (χ0) is 11.7. The molecule has 1 aromatic heterocycles. The lowest BCUT2D eigenvalue weighted by Crippen LogP contribution is -2.35. The van der Waals surface area contributed by atoms with Crippen molar-refractivity contribution in [2.45, 2.75) is 38.1 Å². The zero-order valence-corrected chi connectivity index (χ0v) is 10.6. The Morgan fingerprint density at radius 1 is 1.35 bits per heavy atom. The van der Waals surface area contributed by atoms with Crippen LogP contribution in [0.2, 0.25) is 0 Å². The van der Waals surface area contributed by atoms with E-state index >= 15 is 0 Å². The number of hydrogen-bond acceptors (Lipinski definition) is 3. The topological polar surface area (TPSA) is 28.2 Å². The van der Waals surface area contributed by atoms with Gasteiger partial charge in [-0.3, -0.25) is 0 Å². The summed E-state index contributed by atoms with van der Waals surface area (Å²) in [6.07, 6.45) is 6.28. The first-order chi connectivity index (χ1) is 8.33. The van der Waals surface area contributed by atoms with E-state index in [9.17, 15) is 0 Å². The van der Waals surface area contributed by atoms with E-state index < -0.39 is 0 Å². The summed E-state index contributed by atoms with van der Waals surface area (Å²) in [7, 11) is 2.16. The van der Waals surface area contributed by atoms with Gasteiger partial charge in [-0.05, 0) is 50.3 Å². The number of fused-ring (bicyclic) bond motifs is 1. The number of nitrogens with zero attached hydrogens (tertiary/aromatic N) is 2. The molecular weight excluding hydrogens is 210 g/mol. The minimum Gasteiger partial charge on any atom is -0.358 e. The number of hydrogen-bond donors (Lipinski definition) is 1. The summed E-state index contributed by atoms with van der Waals surface area (Å²) in [5.74, 6) is 1.14. The Morgan fingerprint density at radius 2 is 2.29 bits per heavy atom. The van der Waals surface area contributed by atoms with Crippen molar-refractivity contribution < 1.29 is 0 Å². The predicted molar refractivity (Wildman–Crippen MR) is 70.6 cm³/mol. The summed E-state index contributed by atoms with van der Waals surface area (Å²) in [6, 6.07) is 5.09. The summed E-state index contributed by atoms with van der Waals surface area (Å²) < 4.78 is 0. The molecule has 3 nitrogen and oxygen atoms in total. The van der Waals surface area contributed by atoms with Crippen molar-refractivity contribution in [1.29, 1.82) is 0 Å². The van der Waals surface area contributed by atoms with Crippen LogP contribution in [-0.2, 0) is 12.8 Å². The van der Waals surface area contributed by atoms with Crippen LogP contribution in [0.4, 0.5) is 5.82 Å². The molecule has 0 aromatic carbocycles. The lowest BCUT2D eigenvalue weighted by Gasteiger charge is -2.22. The average molecular weight is 231 g/mol. The van der Waals surface area contributed by atoms with E-state index in [1.54, 1.807) is 0 Å². The van der Waals surface area contributed by atoms with Crippen LogP contribution in [0.25, 0.3) is 0 Å². The lowest BCUT2D eigenvalue weighted by atomic mass is 10.2. The fourth-order valence-electron chi connectivity index (χ4n) is 2.96. The van der Waals surface area contributed by atoms with Crippen molar-refractivity contribution in [2.75, 3.05) is 25.0 Å². The standard InChI is InChI=1S/C14H21N3/c1-17(10-12-5-3-9-15-12)14-8-7-11-4-2-6-13(11)16-14/h7-8,12,15H,2-6,9-10H2,1H3. The second-order valence-electron chi connectivity index (χ2n) is 5.30. The first-order valence-electron chi connectivity index (χ1n) is 6.76. The molecule has 1 unspecified atom stereocenters. The van der Waals surface area contributed by atoms with E-state index in [-0.39, 0.29) is 0 Å². The zero-order valence-electron chi connectivity index (χ0n) is 10.6. The van der Waals surface area contributed by atoms with Crippen LogP contribution in [0.1, 0.15) is 30.5 Å².